The van der Waals surface area contributed by atoms with Gasteiger partial charge in [-0.25, -0.2) is 9.89 Å². The van der Waals surface area contributed by atoms with Crippen LogP contribution in [0.3, 0.4) is 0 Å². The fourth-order valence-corrected chi connectivity index (χ4v) is 5.44. The van der Waals surface area contributed by atoms with E-state index in [0.717, 1.165) is 16.8 Å². The molecule has 2 amide bonds. The van der Waals surface area contributed by atoms with Gasteiger partial charge in [-0.3, -0.25) is 14.6 Å². The van der Waals surface area contributed by atoms with Gasteiger partial charge >= 0.3 is 0 Å². The lowest BCUT2D eigenvalue weighted by molar-refractivity contribution is -0.124. The van der Waals surface area contributed by atoms with Crippen LogP contribution in [0, 0.1) is 0 Å². The highest BCUT2D eigenvalue weighted by Gasteiger charge is 2.42. The number of thioether (sulfide) groups is 1. The van der Waals surface area contributed by atoms with Gasteiger partial charge in [-0.1, -0.05) is 61.2 Å². The first-order valence-corrected chi connectivity index (χ1v) is 13.2. The molecule has 0 saturated heterocycles. The van der Waals surface area contributed by atoms with E-state index in [0.29, 0.717) is 41.0 Å². The Morgan fingerprint density at radius 1 is 1.05 bits per heavy atom. The first-order chi connectivity index (χ1) is 18.5. The van der Waals surface area contributed by atoms with Crippen molar-refractivity contribution >= 4 is 46.0 Å². The van der Waals surface area contributed by atoms with Crippen LogP contribution in [0.25, 0.3) is 0 Å². The molecule has 38 heavy (non-hydrogen) atoms. The predicted molar refractivity (Wildman–Crippen MR) is 151 cm³/mol. The summed E-state index contributed by atoms with van der Waals surface area (Å²) in [5.74, 6) is 1.34. The highest BCUT2D eigenvalue weighted by Crippen LogP contribution is 2.36. The molecule has 2 unspecified atom stereocenters. The average molecular weight is 529 g/mol. The molecule has 3 aromatic carbocycles. The van der Waals surface area contributed by atoms with E-state index >= 15 is 0 Å². The van der Waals surface area contributed by atoms with Gasteiger partial charge in [0, 0.05) is 18.1 Å². The molecule has 2 heterocycles. The maximum atomic E-state index is 13.6. The van der Waals surface area contributed by atoms with Gasteiger partial charge in [-0.15, -0.1) is 0 Å². The van der Waals surface area contributed by atoms with E-state index in [4.69, 9.17) is 19.5 Å². The zero-order chi connectivity index (χ0) is 26.6. The molecule has 0 bridgehead atoms. The van der Waals surface area contributed by atoms with E-state index in [-0.39, 0.29) is 11.8 Å². The number of carbonyl (C=O) groups is 2. The predicted octanol–water partition coefficient (Wildman–Crippen LogP) is 5.06. The first kappa shape index (κ1) is 25.5. The van der Waals surface area contributed by atoms with Gasteiger partial charge in [0.15, 0.2) is 5.17 Å². The molecule has 2 aliphatic heterocycles. The number of anilines is 1. The number of amidine groups is 2. The molecular weight excluding hydrogens is 500 g/mol. The first-order valence-electron chi connectivity index (χ1n) is 12.4. The quantitative estimate of drug-likeness (QED) is 0.442. The Morgan fingerprint density at radius 2 is 1.82 bits per heavy atom. The average Bonchev–Trinajstić information content (AvgIpc) is 3.28. The maximum Gasteiger partial charge on any atom is 0.259 e. The Balaban J connectivity index is 1.41. The fraction of sp³-hybridized carbons (Fsp3) is 0.241. The molecule has 0 aliphatic carbocycles. The minimum absolute atomic E-state index is 0.142. The van der Waals surface area contributed by atoms with E-state index in [1.165, 1.54) is 18.9 Å². The molecule has 5 rings (SSSR count). The van der Waals surface area contributed by atoms with Crippen molar-refractivity contribution in [2.75, 3.05) is 19.5 Å². The molecule has 194 valence electrons. The van der Waals surface area contributed by atoms with Gasteiger partial charge in [-0.05, 0) is 36.2 Å². The molecule has 0 spiro atoms. The molecule has 0 saturated carbocycles. The number of amides is 2. The van der Waals surface area contributed by atoms with Gasteiger partial charge in [-0.2, -0.15) is 0 Å². The summed E-state index contributed by atoms with van der Waals surface area (Å²) in [7, 11) is 3.11. The lowest BCUT2D eigenvalue weighted by Crippen LogP contribution is -2.42. The molecule has 8 nitrogen and oxygen atoms in total. The second kappa shape index (κ2) is 11.1. The maximum absolute atomic E-state index is 13.6. The zero-order valence-electron chi connectivity index (χ0n) is 21.4. The number of methoxy groups -OCH3 is 2. The number of fused-ring (bicyclic) bond motifs is 3. The molecule has 0 radical (unpaired) electrons. The van der Waals surface area contributed by atoms with E-state index in [1.807, 2.05) is 61.5 Å². The number of para-hydroxylation sites is 1. The van der Waals surface area contributed by atoms with Crippen molar-refractivity contribution in [2.45, 2.75) is 31.1 Å². The van der Waals surface area contributed by atoms with E-state index in [2.05, 4.69) is 5.32 Å². The van der Waals surface area contributed by atoms with Crippen molar-refractivity contribution in [3.63, 3.8) is 0 Å². The third-order valence-electron chi connectivity index (χ3n) is 6.40. The van der Waals surface area contributed by atoms with Crippen molar-refractivity contribution < 1.29 is 19.1 Å². The Labute approximate surface area is 225 Å². The Bertz CT molecular complexity index is 1420. The molecule has 3 aromatic rings. The van der Waals surface area contributed by atoms with E-state index in [9.17, 15) is 9.59 Å². The van der Waals surface area contributed by atoms with Crippen molar-refractivity contribution in [1.29, 1.82) is 0 Å². The summed E-state index contributed by atoms with van der Waals surface area (Å²) in [4.78, 5) is 38.2. The van der Waals surface area contributed by atoms with Crippen LogP contribution in [-0.2, 0) is 16.0 Å². The smallest absolute Gasteiger partial charge is 0.259 e. The van der Waals surface area contributed by atoms with Crippen molar-refractivity contribution in [1.82, 2.24) is 4.90 Å². The van der Waals surface area contributed by atoms with Gasteiger partial charge in [0.1, 0.15) is 23.4 Å². The summed E-state index contributed by atoms with van der Waals surface area (Å²) < 4.78 is 10.7. The summed E-state index contributed by atoms with van der Waals surface area (Å²) in [6, 6.07) is 22.1. The molecule has 1 N–H and O–H groups in total. The summed E-state index contributed by atoms with van der Waals surface area (Å²) in [5, 5.41) is 2.90. The minimum Gasteiger partial charge on any atom is -0.497 e. The molecule has 2 aliphatic rings. The van der Waals surface area contributed by atoms with Gasteiger partial charge < -0.3 is 14.8 Å². The third-order valence-corrected chi connectivity index (χ3v) is 7.71. The number of nitrogens with one attached hydrogen (secondary N) is 1. The SMILES string of the molecule is CCC(SC1=Nc2ccccc2C2=NC(Cc3ccccc3)C(=O)N12)C(=O)Nc1ccc(OC)cc1OC. The molecule has 9 heteroatoms. The number of ether oxygens (including phenoxy) is 2. The van der Waals surface area contributed by atoms with Gasteiger partial charge in [0.05, 0.1) is 30.8 Å². The number of hydrogen-bond donors (Lipinski definition) is 1. The van der Waals surface area contributed by atoms with Crippen molar-refractivity contribution in [3.05, 3.63) is 83.9 Å². The lowest BCUT2D eigenvalue weighted by Gasteiger charge is -2.27. The molecular formula is C29H28N4O4S. The normalized spacial score (nSPS) is 16.7. The highest BCUT2D eigenvalue weighted by atomic mass is 32.2. The van der Waals surface area contributed by atoms with Crippen LogP contribution in [-0.4, -0.2) is 53.2 Å². The summed E-state index contributed by atoms with van der Waals surface area (Å²) in [6.07, 6.45) is 1.02. The van der Waals surface area contributed by atoms with Crippen molar-refractivity contribution in [2.24, 2.45) is 9.98 Å². The van der Waals surface area contributed by atoms with Crippen LogP contribution in [0.2, 0.25) is 0 Å². The van der Waals surface area contributed by atoms with Crippen LogP contribution in [0.5, 0.6) is 11.5 Å². The summed E-state index contributed by atoms with van der Waals surface area (Å²) >= 11 is 1.26. The molecule has 0 fully saturated rings. The van der Waals surface area contributed by atoms with Crippen LogP contribution in [0.1, 0.15) is 24.5 Å². The van der Waals surface area contributed by atoms with Gasteiger partial charge in [0.2, 0.25) is 5.91 Å². The zero-order valence-corrected chi connectivity index (χ0v) is 22.2. The number of carbonyl (C=O) groups excluding carboxylic acids is 2. The van der Waals surface area contributed by atoms with Crippen LogP contribution in [0.15, 0.2) is 82.8 Å². The number of benzene rings is 3. The Kier molecular flexibility index (Phi) is 7.46. The second-order valence-electron chi connectivity index (χ2n) is 8.81. The third kappa shape index (κ3) is 5.02. The van der Waals surface area contributed by atoms with E-state index < -0.39 is 11.3 Å². The van der Waals surface area contributed by atoms with Crippen LogP contribution >= 0.6 is 11.8 Å². The number of rotatable bonds is 8. The second-order valence-corrected chi connectivity index (χ2v) is 9.98. The molecule has 0 aromatic heterocycles. The van der Waals surface area contributed by atoms with Crippen LogP contribution in [0.4, 0.5) is 11.4 Å². The summed E-state index contributed by atoms with van der Waals surface area (Å²) in [5.41, 5.74) is 3.11. The minimum atomic E-state index is -0.554. The Hall–Kier alpha value is -4.11. The molecule has 2 atom stereocenters. The van der Waals surface area contributed by atoms with Gasteiger partial charge in [0.25, 0.3) is 5.91 Å². The lowest BCUT2D eigenvalue weighted by atomic mass is 10.1. The standard InChI is InChI=1S/C29H28N4O4S/c1-4-25(27(34)31-22-15-14-19(36-2)17-24(22)37-3)38-29-32-21-13-9-8-12-20(21)26-30-23(28(35)33(26)29)16-18-10-6-5-7-11-18/h5-15,17,23,25H,4,16H2,1-3H3,(H,31,34). The topological polar surface area (TPSA) is 92.6 Å². The number of hydrogen-bond acceptors (Lipinski definition) is 7. The number of aliphatic imine (C=N–C) groups is 2. The Morgan fingerprint density at radius 3 is 2.55 bits per heavy atom. The monoisotopic (exact) mass is 528 g/mol. The fourth-order valence-electron chi connectivity index (χ4n) is 4.42. The largest absolute Gasteiger partial charge is 0.497 e. The van der Waals surface area contributed by atoms with Crippen molar-refractivity contribution in [3.8, 4) is 11.5 Å². The van der Waals surface area contributed by atoms with Crippen LogP contribution < -0.4 is 14.8 Å². The summed E-state index contributed by atoms with van der Waals surface area (Å²) in [6.45, 7) is 1.93. The highest BCUT2D eigenvalue weighted by molar-refractivity contribution is 8.15. The number of nitrogens with zero attached hydrogens (tertiary/aromatic N) is 3. The van der Waals surface area contributed by atoms with E-state index in [1.54, 1.807) is 30.2 Å².